The van der Waals surface area contributed by atoms with Crippen molar-refractivity contribution in [3.05, 3.63) is 83.1 Å². The Bertz CT molecular complexity index is 1110. The fraction of sp³-hybridized carbons (Fsp3) is 0.370. The van der Waals surface area contributed by atoms with Crippen LogP contribution in [0.25, 0.3) is 0 Å². The Morgan fingerprint density at radius 1 is 1.00 bits per heavy atom. The van der Waals surface area contributed by atoms with Crippen molar-refractivity contribution >= 4 is 17.2 Å². The predicted molar refractivity (Wildman–Crippen MR) is 141 cm³/mol. The van der Waals surface area contributed by atoms with E-state index in [1.165, 1.54) is 24.3 Å². The van der Waals surface area contributed by atoms with Gasteiger partial charge in [0.25, 0.3) is 0 Å². The molecule has 0 radical (unpaired) electrons. The highest BCUT2D eigenvalue weighted by Gasteiger charge is 2.33. The number of anilines is 2. The molecule has 0 aliphatic heterocycles. The van der Waals surface area contributed by atoms with Crippen LogP contribution in [0.5, 0.6) is 0 Å². The summed E-state index contributed by atoms with van der Waals surface area (Å²) in [4.78, 5) is 6.82. The minimum absolute atomic E-state index is 0.181. The average Bonchev–Trinajstić information content (AvgIpc) is 2.85. The second kappa shape index (κ2) is 13.9. The molecule has 0 bridgehead atoms. The number of amidine groups is 1. The molecule has 0 saturated carbocycles. The zero-order valence-electron chi connectivity index (χ0n) is 21.3. The lowest BCUT2D eigenvalue weighted by molar-refractivity contribution is -0.137. The molecule has 0 amide bonds. The summed E-state index contributed by atoms with van der Waals surface area (Å²) in [6.45, 7) is 7.10. The van der Waals surface area contributed by atoms with Crippen molar-refractivity contribution in [3.8, 4) is 0 Å². The average molecular weight is 542 g/mol. The molecule has 2 aromatic rings. The number of nitrogens with one attached hydrogen (secondary N) is 1. The van der Waals surface area contributed by atoms with Gasteiger partial charge in [0, 0.05) is 35.5 Å². The third-order valence-corrected chi connectivity index (χ3v) is 5.81. The van der Waals surface area contributed by atoms with Gasteiger partial charge in [0.15, 0.2) is 0 Å². The Kier molecular flexibility index (Phi) is 11.2. The normalized spacial score (nSPS) is 13.5. The molecule has 208 valence electrons. The molecule has 0 unspecified atom stereocenters. The number of halogens is 6. The number of nitrogens with zero attached hydrogens (tertiary/aromatic N) is 2. The number of alkyl halides is 6. The molecule has 0 saturated heterocycles. The van der Waals surface area contributed by atoms with E-state index in [-0.39, 0.29) is 5.69 Å². The van der Waals surface area contributed by atoms with E-state index in [1.807, 2.05) is 0 Å². The summed E-state index contributed by atoms with van der Waals surface area (Å²) in [5.74, 6) is 0.311. The Balaban J connectivity index is 2.34. The molecule has 38 heavy (non-hydrogen) atoms. The second-order valence-electron chi connectivity index (χ2n) is 8.48. The van der Waals surface area contributed by atoms with Crippen LogP contribution in [0.2, 0.25) is 0 Å². The first-order chi connectivity index (χ1) is 17.9. The number of rotatable bonds is 11. The summed E-state index contributed by atoms with van der Waals surface area (Å²) in [5, 5.41) is 3.02. The number of allylic oxidation sites excluding steroid dienone is 3. The highest BCUT2D eigenvalue weighted by molar-refractivity contribution is 6.11. The lowest BCUT2D eigenvalue weighted by Gasteiger charge is -2.18. The lowest BCUT2D eigenvalue weighted by atomic mass is 10.0. The first kappa shape index (κ1) is 30.8. The van der Waals surface area contributed by atoms with E-state index >= 15 is 0 Å². The van der Waals surface area contributed by atoms with Gasteiger partial charge >= 0.3 is 12.4 Å². The number of nitrogen functional groups attached to an aromatic ring is 1. The van der Waals surface area contributed by atoms with Gasteiger partial charge in [-0.15, -0.1) is 0 Å². The minimum atomic E-state index is -4.55. The van der Waals surface area contributed by atoms with Crippen LogP contribution in [0.4, 0.5) is 37.7 Å². The van der Waals surface area contributed by atoms with Crippen molar-refractivity contribution in [1.29, 1.82) is 0 Å². The van der Waals surface area contributed by atoms with Crippen molar-refractivity contribution in [2.75, 3.05) is 37.2 Å². The Hall–Kier alpha value is -3.47. The largest absolute Gasteiger partial charge is 0.416 e. The first-order valence-corrected chi connectivity index (χ1v) is 12.1. The van der Waals surface area contributed by atoms with Crippen molar-refractivity contribution in [2.45, 2.75) is 39.0 Å². The van der Waals surface area contributed by atoms with Gasteiger partial charge in [0.1, 0.15) is 5.84 Å². The Labute approximate surface area is 218 Å². The quantitative estimate of drug-likeness (QED) is 0.0770. The zero-order chi connectivity index (χ0) is 28.3. The molecular formula is C27H33F6N5. The highest BCUT2D eigenvalue weighted by atomic mass is 19.4. The summed E-state index contributed by atoms with van der Waals surface area (Å²) >= 11 is 0. The molecule has 0 aliphatic carbocycles. The van der Waals surface area contributed by atoms with Gasteiger partial charge in [-0.25, -0.2) is 0 Å². The number of benzene rings is 2. The van der Waals surface area contributed by atoms with Gasteiger partial charge in [-0.2, -0.15) is 26.3 Å². The molecular weight excluding hydrogens is 508 g/mol. The van der Waals surface area contributed by atoms with Crippen molar-refractivity contribution in [2.24, 2.45) is 10.7 Å². The molecule has 0 fully saturated rings. The van der Waals surface area contributed by atoms with E-state index in [9.17, 15) is 26.3 Å². The maximum Gasteiger partial charge on any atom is 0.416 e. The molecule has 11 heteroatoms. The predicted octanol–water partition coefficient (Wildman–Crippen LogP) is 6.38. The molecule has 0 spiro atoms. The van der Waals surface area contributed by atoms with Crippen LogP contribution in [0.15, 0.2) is 71.4 Å². The molecule has 2 aromatic carbocycles. The fourth-order valence-corrected chi connectivity index (χ4v) is 3.68. The molecule has 5 nitrogen and oxygen atoms in total. The van der Waals surface area contributed by atoms with E-state index in [0.717, 1.165) is 56.5 Å². The van der Waals surface area contributed by atoms with Crippen LogP contribution >= 0.6 is 0 Å². The maximum atomic E-state index is 13.4. The lowest BCUT2D eigenvalue weighted by Crippen LogP contribution is -2.24. The molecule has 0 atom stereocenters. The molecule has 0 aromatic heterocycles. The van der Waals surface area contributed by atoms with Crippen LogP contribution in [0, 0.1) is 0 Å². The van der Waals surface area contributed by atoms with E-state index < -0.39 is 29.9 Å². The Morgan fingerprint density at radius 3 is 2.18 bits per heavy atom. The SMILES string of the molecule is CCN(CC)CCCN=C(Nc1ccc(C(F)(F)F)cc1)c1ccc(C/C(=C\C=C/N)C(F)(F)F)cc1N. The maximum absolute atomic E-state index is 13.4. The fourth-order valence-electron chi connectivity index (χ4n) is 3.68. The third kappa shape index (κ3) is 9.44. The van der Waals surface area contributed by atoms with Gasteiger partial charge in [0.05, 0.1) is 5.56 Å². The van der Waals surface area contributed by atoms with Crippen LogP contribution < -0.4 is 16.8 Å². The number of hydrogen-bond acceptors (Lipinski definition) is 4. The summed E-state index contributed by atoms with van der Waals surface area (Å²) in [5.41, 5.74) is 11.1. The summed E-state index contributed by atoms with van der Waals surface area (Å²) < 4.78 is 79.0. The van der Waals surface area contributed by atoms with Crippen molar-refractivity contribution in [1.82, 2.24) is 4.90 Å². The van der Waals surface area contributed by atoms with Crippen LogP contribution in [-0.2, 0) is 12.6 Å². The Morgan fingerprint density at radius 2 is 1.66 bits per heavy atom. The van der Waals surface area contributed by atoms with Gasteiger partial charge < -0.3 is 21.7 Å². The van der Waals surface area contributed by atoms with Crippen LogP contribution in [0.1, 0.15) is 37.0 Å². The van der Waals surface area contributed by atoms with Crippen LogP contribution in [0.3, 0.4) is 0 Å². The third-order valence-electron chi connectivity index (χ3n) is 5.81. The van der Waals surface area contributed by atoms with Crippen molar-refractivity contribution < 1.29 is 26.3 Å². The van der Waals surface area contributed by atoms with Gasteiger partial charge in [-0.1, -0.05) is 26.0 Å². The minimum Gasteiger partial charge on any atom is -0.405 e. The molecule has 5 N–H and O–H groups in total. The first-order valence-electron chi connectivity index (χ1n) is 12.1. The van der Waals surface area contributed by atoms with Gasteiger partial charge in [-0.05, 0) is 80.3 Å². The van der Waals surface area contributed by atoms with E-state index in [4.69, 9.17) is 11.5 Å². The second-order valence-corrected chi connectivity index (χ2v) is 8.48. The van der Waals surface area contributed by atoms with Crippen LogP contribution in [-0.4, -0.2) is 43.1 Å². The van der Waals surface area contributed by atoms with E-state index in [1.54, 1.807) is 6.07 Å². The zero-order valence-corrected chi connectivity index (χ0v) is 21.3. The number of nitrogens with two attached hydrogens (primary N) is 2. The van der Waals surface area contributed by atoms with Gasteiger partial charge in [0.2, 0.25) is 0 Å². The van der Waals surface area contributed by atoms with Crippen molar-refractivity contribution in [3.63, 3.8) is 0 Å². The smallest absolute Gasteiger partial charge is 0.405 e. The van der Waals surface area contributed by atoms with Gasteiger partial charge in [-0.3, -0.25) is 4.99 Å². The topological polar surface area (TPSA) is 79.7 Å². The monoisotopic (exact) mass is 541 g/mol. The summed E-state index contributed by atoms with van der Waals surface area (Å²) in [6, 6.07) is 8.96. The van der Waals surface area contributed by atoms with E-state index in [0.29, 0.717) is 29.2 Å². The number of aliphatic imine (C=N–C) groups is 1. The number of hydrogen-bond donors (Lipinski definition) is 3. The van der Waals surface area contributed by atoms with E-state index in [2.05, 4.69) is 29.1 Å². The summed E-state index contributed by atoms with van der Waals surface area (Å²) in [7, 11) is 0. The summed E-state index contributed by atoms with van der Waals surface area (Å²) in [6.07, 6.45) is -5.68. The molecule has 0 heterocycles. The highest BCUT2D eigenvalue weighted by Crippen LogP contribution is 2.31. The molecule has 0 aliphatic rings. The molecule has 2 rings (SSSR count). The standard InChI is InChI=1S/C27H33F6N5/c1-3-38(4-2)16-6-15-36-25(37-22-11-9-20(10-12-22)26(28,29)30)23-13-8-19(18-24(23)35)17-21(7-5-14-34)27(31,32)33/h5,7-14,18H,3-4,6,15-17,34-35H2,1-2H3,(H,36,37)/b14-5-,21-7+.